The molecule has 0 saturated heterocycles. The Hall–Kier alpha value is -0.380. The Kier molecular flexibility index (Phi) is 3.56. The molecule has 62 valence electrons. The summed E-state index contributed by atoms with van der Waals surface area (Å²) in [5.74, 6) is 0. The van der Waals surface area contributed by atoms with Gasteiger partial charge in [-0.05, 0) is 23.9 Å². The van der Waals surface area contributed by atoms with E-state index in [4.69, 9.17) is 4.74 Å². The highest BCUT2D eigenvalue weighted by molar-refractivity contribution is 7.10. The molecular formula is C8H13NOS. The Bertz CT molecular complexity index is 210. The van der Waals surface area contributed by atoms with Gasteiger partial charge in [0.05, 0.1) is 6.73 Å². The molecular weight excluding hydrogens is 158 g/mol. The fraction of sp³-hybridized carbons (Fsp3) is 0.500. The lowest BCUT2D eigenvalue weighted by Gasteiger charge is -2.01. The lowest BCUT2D eigenvalue weighted by Crippen LogP contribution is -2.15. The zero-order valence-corrected chi connectivity index (χ0v) is 7.70. The summed E-state index contributed by atoms with van der Waals surface area (Å²) in [5, 5.41) is 5.28. The van der Waals surface area contributed by atoms with Crippen molar-refractivity contribution >= 4 is 11.3 Å². The predicted molar refractivity (Wildman–Crippen MR) is 47.8 cm³/mol. The van der Waals surface area contributed by atoms with Crippen LogP contribution in [0.3, 0.4) is 0 Å². The number of nitrogens with one attached hydrogen (secondary N) is 1. The summed E-state index contributed by atoms with van der Waals surface area (Å²) in [5.41, 5.74) is 1.36. The van der Waals surface area contributed by atoms with Crippen LogP contribution in [0.15, 0.2) is 11.4 Å². The molecule has 0 unspecified atom stereocenters. The third kappa shape index (κ3) is 2.61. The third-order valence-electron chi connectivity index (χ3n) is 1.50. The highest BCUT2D eigenvalue weighted by Gasteiger charge is 1.96. The van der Waals surface area contributed by atoms with Crippen LogP contribution in [0, 0.1) is 6.92 Å². The Balaban J connectivity index is 2.32. The van der Waals surface area contributed by atoms with Gasteiger partial charge in [0.1, 0.15) is 0 Å². The second-order valence-corrected chi connectivity index (χ2v) is 3.39. The van der Waals surface area contributed by atoms with Gasteiger partial charge in [0.25, 0.3) is 0 Å². The number of aryl methyl sites for hydroxylation is 1. The van der Waals surface area contributed by atoms with Gasteiger partial charge in [-0.3, -0.25) is 5.32 Å². The van der Waals surface area contributed by atoms with Crippen LogP contribution in [0.25, 0.3) is 0 Å². The average molecular weight is 171 g/mol. The Morgan fingerprint density at radius 1 is 1.64 bits per heavy atom. The van der Waals surface area contributed by atoms with E-state index in [2.05, 4.69) is 23.7 Å². The van der Waals surface area contributed by atoms with Crippen molar-refractivity contribution in [1.82, 2.24) is 5.32 Å². The van der Waals surface area contributed by atoms with Crippen LogP contribution >= 0.6 is 11.3 Å². The fourth-order valence-electron chi connectivity index (χ4n) is 0.852. The van der Waals surface area contributed by atoms with Crippen molar-refractivity contribution in [3.05, 3.63) is 21.9 Å². The summed E-state index contributed by atoms with van der Waals surface area (Å²) >= 11 is 1.78. The quantitative estimate of drug-likeness (QED) is 0.550. The molecule has 1 rings (SSSR count). The molecule has 0 amide bonds. The molecule has 0 atom stereocenters. The zero-order chi connectivity index (χ0) is 8.10. The molecule has 0 fully saturated rings. The topological polar surface area (TPSA) is 21.3 Å². The summed E-state index contributed by atoms with van der Waals surface area (Å²) in [6.45, 7) is 3.66. The average Bonchev–Trinajstić information content (AvgIpc) is 2.37. The van der Waals surface area contributed by atoms with Crippen LogP contribution in [0.1, 0.15) is 10.4 Å². The first-order valence-corrected chi connectivity index (χ1v) is 4.45. The molecule has 0 radical (unpaired) electrons. The molecule has 0 aliphatic heterocycles. The number of hydrogen-bond acceptors (Lipinski definition) is 3. The van der Waals surface area contributed by atoms with Crippen molar-refractivity contribution in [2.45, 2.75) is 13.5 Å². The summed E-state index contributed by atoms with van der Waals surface area (Å²) < 4.78 is 4.87. The van der Waals surface area contributed by atoms with Crippen LogP contribution in [-0.4, -0.2) is 13.8 Å². The van der Waals surface area contributed by atoms with Crippen molar-refractivity contribution in [1.29, 1.82) is 0 Å². The van der Waals surface area contributed by atoms with E-state index in [-0.39, 0.29) is 0 Å². The van der Waals surface area contributed by atoms with Gasteiger partial charge in [-0.2, -0.15) is 0 Å². The van der Waals surface area contributed by atoms with Gasteiger partial charge in [-0.25, -0.2) is 0 Å². The predicted octanol–water partition coefficient (Wildman–Crippen LogP) is 1.75. The van der Waals surface area contributed by atoms with Crippen LogP contribution in [0.5, 0.6) is 0 Å². The van der Waals surface area contributed by atoms with Gasteiger partial charge in [0.2, 0.25) is 0 Å². The van der Waals surface area contributed by atoms with Crippen LogP contribution in [0.4, 0.5) is 0 Å². The standard InChI is InChI=1S/C8H13NOS/c1-7-3-4-11-8(7)5-9-6-10-2/h3-4,9H,5-6H2,1-2H3. The first kappa shape index (κ1) is 8.71. The van der Waals surface area contributed by atoms with Crippen molar-refractivity contribution in [3.8, 4) is 0 Å². The minimum absolute atomic E-state index is 0.622. The summed E-state index contributed by atoms with van der Waals surface area (Å²) in [7, 11) is 1.69. The summed E-state index contributed by atoms with van der Waals surface area (Å²) in [4.78, 5) is 1.39. The largest absolute Gasteiger partial charge is 0.370 e. The van der Waals surface area contributed by atoms with E-state index in [9.17, 15) is 0 Å². The third-order valence-corrected chi connectivity index (χ3v) is 2.52. The van der Waals surface area contributed by atoms with Gasteiger partial charge < -0.3 is 4.74 Å². The van der Waals surface area contributed by atoms with Crippen LogP contribution in [-0.2, 0) is 11.3 Å². The van der Waals surface area contributed by atoms with Crippen molar-refractivity contribution < 1.29 is 4.74 Å². The number of methoxy groups -OCH3 is 1. The van der Waals surface area contributed by atoms with Gasteiger partial charge in [0.15, 0.2) is 0 Å². The SMILES string of the molecule is COCNCc1sccc1C. The Labute approximate surface area is 71.2 Å². The van der Waals surface area contributed by atoms with E-state index >= 15 is 0 Å². The number of ether oxygens (including phenoxy) is 1. The molecule has 0 bridgehead atoms. The normalized spacial score (nSPS) is 10.4. The number of hydrogen-bond donors (Lipinski definition) is 1. The summed E-state index contributed by atoms with van der Waals surface area (Å²) in [6.07, 6.45) is 0. The van der Waals surface area contributed by atoms with E-state index in [0.29, 0.717) is 6.73 Å². The molecule has 0 aliphatic rings. The van der Waals surface area contributed by atoms with Gasteiger partial charge in [-0.1, -0.05) is 0 Å². The van der Waals surface area contributed by atoms with Gasteiger partial charge in [0, 0.05) is 18.5 Å². The molecule has 0 saturated carbocycles. The molecule has 11 heavy (non-hydrogen) atoms. The molecule has 1 aromatic heterocycles. The Morgan fingerprint density at radius 3 is 3.00 bits per heavy atom. The molecule has 1 aromatic rings. The number of thiophene rings is 1. The maximum Gasteiger partial charge on any atom is 0.0964 e. The molecule has 1 N–H and O–H groups in total. The lowest BCUT2D eigenvalue weighted by molar-refractivity contribution is 0.174. The molecule has 3 heteroatoms. The fourth-order valence-corrected chi connectivity index (χ4v) is 1.73. The molecule has 0 aromatic carbocycles. The van der Waals surface area contributed by atoms with Gasteiger partial charge in [-0.15, -0.1) is 11.3 Å². The first-order valence-electron chi connectivity index (χ1n) is 3.57. The van der Waals surface area contributed by atoms with Crippen molar-refractivity contribution in [3.63, 3.8) is 0 Å². The molecule has 1 heterocycles. The van der Waals surface area contributed by atoms with E-state index in [0.717, 1.165) is 6.54 Å². The van der Waals surface area contributed by atoms with Gasteiger partial charge >= 0.3 is 0 Å². The molecule has 0 aliphatic carbocycles. The highest BCUT2D eigenvalue weighted by atomic mass is 32.1. The zero-order valence-electron chi connectivity index (χ0n) is 6.89. The maximum atomic E-state index is 4.87. The maximum absolute atomic E-state index is 4.87. The smallest absolute Gasteiger partial charge is 0.0964 e. The molecule has 2 nitrogen and oxygen atoms in total. The second-order valence-electron chi connectivity index (χ2n) is 2.39. The van der Waals surface area contributed by atoms with Crippen molar-refractivity contribution in [2.24, 2.45) is 0 Å². The highest BCUT2D eigenvalue weighted by Crippen LogP contribution is 2.14. The Morgan fingerprint density at radius 2 is 2.45 bits per heavy atom. The van der Waals surface area contributed by atoms with E-state index in [1.807, 2.05) is 0 Å². The van der Waals surface area contributed by atoms with E-state index in [1.54, 1.807) is 18.4 Å². The first-order chi connectivity index (χ1) is 5.34. The minimum Gasteiger partial charge on any atom is -0.370 e. The second kappa shape index (κ2) is 4.49. The summed E-state index contributed by atoms with van der Waals surface area (Å²) in [6, 6.07) is 2.13. The molecule has 0 spiro atoms. The van der Waals surface area contributed by atoms with Crippen molar-refractivity contribution in [2.75, 3.05) is 13.8 Å². The number of rotatable bonds is 4. The van der Waals surface area contributed by atoms with E-state index < -0.39 is 0 Å². The van der Waals surface area contributed by atoms with Crippen LogP contribution in [0.2, 0.25) is 0 Å². The minimum atomic E-state index is 0.622. The monoisotopic (exact) mass is 171 g/mol. The lowest BCUT2D eigenvalue weighted by atomic mass is 10.3. The van der Waals surface area contributed by atoms with E-state index in [1.165, 1.54) is 10.4 Å². The van der Waals surface area contributed by atoms with Crippen LogP contribution < -0.4 is 5.32 Å².